The number of amides is 1. The van der Waals surface area contributed by atoms with Gasteiger partial charge in [-0.25, -0.2) is 0 Å². The van der Waals surface area contributed by atoms with Crippen LogP contribution in [-0.4, -0.2) is 35.7 Å². The summed E-state index contributed by atoms with van der Waals surface area (Å²) in [4.78, 5) is 23.6. The Kier molecular flexibility index (Phi) is 3.72. The van der Waals surface area contributed by atoms with E-state index in [0.29, 0.717) is 18.8 Å². The highest BCUT2D eigenvalue weighted by Gasteiger charge is 2.60. The van der Waals surface area contributed by atoms with Crippen molar-refractivity contribution in [2.24, 2.45) is 23.2 Å². The van der Waals surface area contributed by atoms with Crippen LogP contribution in [-0.2, 0) is 14.3 Å². The summed E-state index contributed by atoms with van der Waals surface area (Å²) in [6.07, 6.45) is 4.11. The molecule has 0 radical (unpaired) electrons. The summed E-state index contributed by atoms with van der Waals surface area (Å²) in [5.41, 5.74) is -0.0162. The summed E-state index contributed by atoms with van der Waals surface area (Å²) in [5, 5.41) is 12.3. The molecule has 0 aromatic rings. The van der Waals surface area contributed by atoms with Crippen LogP contribution in [0.15, 0.2) is 0 Å². The minimum Gasteiger partial charge on any atom is -0.481 e. The van der Waals surface area contributed by atoms with Crippen molar-refractivity contribution in [2.45, 2.75) is 58.1 Å². The minimum absolute atomic E-state index is 0.0162. The largest absolute Gasteiger partial charge is 0.481 e. The maximum atomic E-state index is 12.5. The zero-order valence-electron chi connectivity index (χ0n) is 12.8. The van der Waals surface area contributed by atoms with Gasteiger partial charge >= 0.3 is 5.97 Å². The minimum atomic E-state index is -0.763. The summed E-state index contributed by atoms with van der Waals surface area (Å²) in [6.45, 7) is 5.08. The van der Waals surface area contributed by atoms with Crippen molar-refractivity contribution >= 4 is 11.9 Å². The van der Waals surface area contributed by atoms with E-state index in [1.54, 1.807) is 0 Å². The normalized spacial score (nSPS) is 41.0. The first-order valence-corrected chi connectivity index (χ1v) is 8.06. The van der Waals surface area contributed by atoms with Gasteiger partial charge in [0.05, 0.1) is 12.0 Å². The molecule has 0 aromatic carbocycles. The van der Waals surface area contributed by atoms with Crippen LogP contribution in [0.5, 0.6) is 0 Å². The summed E-state index contributed by atoms with van der Waals surface area (Å²) >= 11 is 0. The van der Waals surface area contributed by atoms with Crippen molar-refractivity contribution in [1.82, 2.24) is 5.32 Å². The Hall–Kier alpha value is -1.10. The molecule has 0 spiro atoms. The van der Waals surface area contributed by atoms with E-state index >= 15 is 0 Å². The zero-order chi connectivity index (χ0) is 15.2. The molecule has 0 bridgehead atoms. The maximum Gasteiger partial charge on any atom is 0.306 e. The highest BCUT2D eigenvalue weighted by Crippen LogP contribution is 2.52. The first-order chi connectivity index (χ1) is 9.91. The van der Waals surface area contributed by atoms with Gasteiger partial charge in [0, 0.05) is 29.9 Å². The van der Waals surface area contributed by atoms with Crippen molar-refractivity contribution in [2.75, 3.05) is 6.61 Å². The van der Waals surface area contributed by atoms with Gasteiger partial charge in [0.25, 0.3) is 0 Å². The number of carboxylic acid groups (broad SMARTS) is 1. The molecule has 1 aliphatic heterocycles. The molecule has 1 heterocycles. The van der Waals surface area contributed by atoms with Gasteiger partial charge in [0.15, 0.2) is 0 Å². The fourth-order valence-electron chi connectivity index (χ4n) is 4.54. The second-order valence-corrected chi connectivity index (χ2v) is 7.45. The smallest absolute Gasteiger partial charge is 0.306 e. The number of carbonyl (C=O) groups is 2. The van der Waals surface area contributed by atoms with Crippen molar-refractivity contribution < 1.29 is 19.4 Å². The Labute approximate surface area is 125 Å². The number of ether oxygens (including phenoxy) is 1. The third kappa shape index (κ3) is 2.45. The molecule has 3 fully saturated rings. The molecule has 118 valence electrons. The lowest BCUT2D eigenvalue weighted by Gasteiger charge is -2.54. The average Bonchev–Trinajstić information content (AvgIpc) is 2.91. The molecule has 0 aromatic heterocycles. The number of aliphatic carboxylic acids is 1. The van der Waals surface area contributed by atoms with E-state index < -0.39 is 5.97 Å². The summed E-state index contributed by atoms with van der Waals surface area (Å²) in [6, 6.07) is 0.169. The number of carbonyl (C=O) groups excluding carboxylic acids is 1. The first-order valence-electron chi connectivity index (χ1n) is 8.06. The van der Waals surface area contributed by atoms with Gasteiger partial charge in [-0.3, -0.25) is 9.59 Å². The Bertz CT molecular complexity index is 448. The van der Waals surface area contributed by atoms with E-state index in [-0.39, 0.29) is 35.3 Å². The molecule has 5 nitrogen and oxygen atoms in total. The molecule has 1 amide bonds. The SMILES string of the molecule is CC1(C)C(NC(=O)C2CCCC(C(=O)O)C2)C2CCOC21. The fraction of sp³-hybridized carbons (Fsp3) is 0.875. The number of rotatable bonds is 3. The number of hydrogen-bond donors (Lipinski definition) is 2. The van der Waals surface area contributed by atoms with E-state index in [1.807, 2.05) is 0 Å². The lowest BCUT2D eigenvalue weighted by molar-refractivity contribution is -0.146. The summed E-state index contributed by atoms with van der Waals surface area (Å²) in [7, 11) is 0. The summed E-state index contributed by atoms with van der Waals surface area (Å²) < 4.78 is 5.74. The third-order valence-electron chi connectivity index (χ3n) is 5.79. The third-order valence-corrected chi connectivity index (χ3v) is 5.79. The van der Waals surface area contributed by atoms with Gasteiger partial charge in [-0.05, 0) is 25.7 Å². The second kappa shape index (κ2) is 5.27. The topological polar surface area (TPSA) is 75.6 Å². The Morgan fingerprint density at radius 1 is 1.19 bits per heavy atom. The lowest BCUT2D eigenvalue weighted by atomic mass is 9.57. The van der Waals surface area contributed by atoms with E-state index in [1.165, 1.54) is 0 Å². The zero-order valence-corrected chi connectivity index (χ0v) is 12.8. The van der Waals surface area contributed by atoms with Gasteiger partial charge in [0.2, 0.25) is 5.91 Å². The predicted octanol–water partition coefficient (Wildman–Crippen LogP) is 1.81. The van der Waals surface area contributed by atoms with Crippen LogP contribution < -0.4 is 5.32 Å². The van der Waals surface area contributed by atoms with Crippen LogP contribution in [0, 0.1) is 23.2 Å². The molecule has 5 heteroatoms. The molecular weight excluding hydrogens is 270 g/mol. The molecular formula is C16H25NO4. The van der Waals surface area contributed by atoms with Gasteiger partial charge < -0.3 is 15.2 Å². The lowest BCUT2D eigenvalue weighted by Crippen LogP contribution is -2.67. The number of nitrogens with one attached hydrogen (secondary N) is 1. The van der Waals surface area contributed by atoms with Gasteiger partial charge in [-0.15, -0.1) is 0 Å². The van der Waals surface area contributed by atoms with Crippen LogP contribution >= 0.6 is 0 Å². The van der Waals surface area contributed by atoms with Crippen molar-refractivity contribution in [3.8, 4) is 0 Å². The molecule has 3 aliphatic rings. The molecule has 21 heavy (non-hydrogen) atoms. The van der Waals surface area contributed by atoms with Crippen LogP contribution in [0.4, 0.5) is 0 Å². The monoisotopic (exact) mass is 295 g/mol. The molecule has 1 saturated heterocycles. The quantitative estimate of drug-likeness (QED) is 0.832. The van der Waals surface area contributed by atoms with Crippen molar-refractivity contribution in [3.63, 3.8) is 0 Å². The molecule has 3 rings (SSSR count). The summed E-state index contributed by atoms with van der Waals surface area (Å²) in [5.74, 6) is -0.781. The van der Waals surface area contributed by atoms with Crippen LogP contribution in [0.1, 0.15) is 46.0 Å². The number of carboxylic acids is 1. The van der Waals surface area contributed by atoms with Gasteiger partial charge in [0.1, 0.15) is 0 Å². The van der Waals surface area contributed by atoms with Gasteiger partial charge in [-0.2, -0.15) is 0 Å². The van der Waals surface area contributed by atoms with E-state index in [2.05, 4.69) is 19.2 Å². The average molecular weight is 295 g/mol. The fourth-order valence-corrected chi connectivity index (χ4v) is 4.54. The molecule has 5 atom stereocenters. The molecule has 5 unspecified atom stereocenters. The Morgan fingerprint density at radius 3 is 2.62 bits per heavy atom. The van der Waals surface area contributed by atoms with E-state index in [9.17, 15) is 9.59 Å². The highest BCUT2D eigenvalue weighted by atomic mass is 16.5. The van der Waals surface area contributed by atoms with Crippen LogP contribution in [0.2, 0.25) is 0 Å². The number of fused-ring (bicyclic) bond motifs is 1. The Morgan fingerprint density at radius 2 is 1.90 bits per heavy atom. The van der Waals surface area contributed by atoms with Crippen molar-refractivity contribution in [1.29, 1.82) is 0 Å². The van der Waals surface area contributed by atoms with Crippen LogP contribution in [0.3, 0.4) is 0 Å². The highest BCUT2D eigenvalue weighted by molar-refractivity contribution is 5.80. The predicted molar refractivity (Wildman–Crippen MR) is 76.6 cm³/mol. The van der Waals surface area contributed by atoms with Gasteiger partial charge in [-0.1, -0.05) is 20.3 Å². The first kappa shape index (κ1) is 14.8. The Balaban J connectivity index is 1.60. The molecule has 2 aliphatic carbocycles. The molecule has 2 N–H and O–H groups in total. The van der Waals surface area contributed by atoms with Crippen molar-refractivity contribution in [3.05, 3.63) is 0 Å². The second-order valence-electron chi connectivity index (χ2n) is 7.45. The number of hydrogen-bond acceptors (Lipinski definition) is 3. The van der Waals surface area contributed by atoms with Crippen LogP contribution in [0.25, 0.3) is 0 Å². The molecule has 2 saturated carbocycles. The van der Waals surface area contributed by atoms with E-state index in [4.69, 9.17) is 9.84 Å². The van der Waals surface area contributed by atoms with E-state index in [0.717, 1.165) is 25.9 Å². The maximum absolute atomic E-state index is 12.5. The standard InChI is InChI=1S/C16H25NO4/c1-16(2)12(11-6-7-21-13(11)16)17-14(18)9-4-3-5-10(8-9)15(19)20/h9-13H,3-8H2,1-2H3,(H,17,18)(H,19,20).